The van der Waals surface area contributed by atoms with E-state index in [0.717, 1.165) is 13.0 Å². The minimum Gasteiger partial charge on any atom is -0.490 e. The number of anilines is 1. The molecule has 3 aliphatic rings. The Morgan fingerprint density at radius 1 is 1.11 bits per heavy atom. The van der Waals surface area contributed by atoms with Crippen molar-refractivity contribution >= 4 is 23.5 Å². The first kappa shape index (κ1) is 26.3. The Labute approximate surface area is 213 Å². The predicted octanol–water partition coefficient (Wildman–Crippen LogP) is 3.68. The van der Waals surface area contributed by atoms with Crippen LogP contribution in [-0.2, 0) is 9.53 Å². The van der Waals surface area contributed by atoms with E-state index in [1.165, 1.54) is 32.1 Å². The fraction of sp³-hybridized carbons (Fsp3) is 0.667. The Morgan fingerprint density at radius 3 is 2.64 bits per heavy atom. The molecular formula is C27H40N4O5. The average molecular weight is 501 g/mol. The van der Waals surface area contributed by atoms with Gasteiger partial charge in [-0.1, -0.05) is 19.3 Å². The van der Waals surface area contributed by atoms with Crippen LogP contribution in [0.25, 0.3) is 0 Å². The third-order valence-electron chi connectivity index (χ3n) is 7.42. The Bertz CT molecular complexity index is 946. The van der Waals surface area contributed by atoms with Gasteiger partial charge in [0.1, 0.15) is 18.5 Å². The number of fused-ring (bicyclic) bond motifs is 2. The van der Waals surface area contributed by atoms with Gasteiger partial charge in [0.25, 0.3) is 5.91 Å². The van der Waals surface area contributed by atoms with Crippen LogP contribution in [0, 0.1) is 5.92 Å². The smallest absolute Gasteiger partial charge is 0.319 e. The van der Waals surface area contributed by atoms with Gasteiger partial charge in [-0.15, -0.1) is 0 Å². The van der Waals surface area contributed by atoms with E-state index in [1.54, 1.807) is 30.1 Å². The average Bonchev–Trinajstić information content (AvgIpc) is 2.85. The minimum atomic E-state index is -0.327. The van der Waals surface area contributed by atoms with E-state index in [9.17, 15) is 14.4 Å². The van der Waals surface area contributed by atoms with Crippen molar-refractivity contribution in [2.24, 2.45) is 5.92 Å². The minimum absolute atomic E-state index is 0.000429. The number of amides is 4. The first-order chi connectivity index (χ1) is 17.3. The summed E-state index contributed by atoms with van der Waals surface area (Å²) in [5.41, 5.74) is 0.927. The number of carbonyl (C=O) groups is 3. The van der Waals surface area contributed by atoms with E-state index in [0.29, 0.717) is 35.8 Å². The summed E-state index contributed by atoms with van der Waals surface area (Å²) < 4.78 is 12.3. The maximum atomic E-state index is 13.4. The van der Waals surface area contributed by atoms with Crippen molar-refractivity contribution in [3.8, 4) is 5.75 Å². The van der Waals surface area contributed by atoms with Crippen molar-refractivity contribution in [3.05, 3.63) is 23.8 Å². The molecule has 1 aliphatic carbocycles. The van der Waals surface area contributed by atoms with Crippen LogP contribution in [0.5, 0.6) is 5.75 Å². The van der Waals surface area contributed by atoms with Gasteiger partial charge in [0, 0.05) is 25.3 Å². The SMILES string of the molecule is CC(C)NC(=O)Nc1ccc2c(c1)C(=O)N(C)[C@H]1CC[C@H](CC(=O)NCC3CCCCC3)O[C@H]1CO2. The normalized spacial score (nSPS) is 24.6. The van der Waals surface area contributed by atoms with E-state index in [1.807, 2.05) is 13.8 Å². The molecule has 0 aromatic heterocycles. The monoisotopic (exact) mass is 500 g/mol. The van der Waals surface area contributed by atoms with Gasteiger partial charge in [-0.25, -0.2) is 4.79 Å². The summed E-state index contributed by atoms with van der Waals surface area (Å²) in [7, 11) is 1.78. The lowest BCUT2D eigenvalue weighted by Crippen LogP contribution is -2.54. The van der Waals surface area contributed by atoms with Crippen molar-refractivity contribution in [2.75, 3.05) is 25.5 Å². The third kappa shape index (κ3) is 6.69. The molecule has 36 heavy (non-hydrogen) atoms. The van der Waals surface area contributed by atoms with Gasteiger partial charge in [-0.3, -0.25) is 9.59 Å². The molecule has 2 aliphatic heterocycles. The summed E-state index contributed by atoms with van der Waals surface area (Å²) >= 11 is 0. The van der Waals surface area contributed by atoms with Gasteiger partial charge in [0.15, 0.2) is 0 Å². The van der Waals surface area contributed by atoms with E-state index >= 15 is 0 Å². The summed E-state index contributed by atoms with van der Waals surface area (Å²) in [5, 5.41) is 8.64. The highest BCUT2D eigenvalue weighted by Crippen LogP contribution is 2.32. The second-order valence-electron chi connectivity index (χ2n) is 10.6. The van der Waals surface area contributed by atoms with E-state index in [2.05, 4.69) is 16.0 Å². The van der Waals surface area contributed by atoms with Crippen molar-refractivity contribution in [1.29, 1.82) is 0 Å². The van der Waals surface area contributed by atoms with E-state index < -0.39 is 0 Å². The molecule has 198 valence electrons. The largest absolute Gasteiger partial charge is 0.490 e. The number of nitrogens with one attached hydrogen (secondary N) is 3. The first-order valence-electron chi connectivity index (χ1n) is 13.3. The van der Waals surface area contributed by atoms with Crippen LogP contribution < -0.4 is 20.7 Å². The summed E-state index contributed by atoms with van der Waals surface area (Å²) in [5.74, 6) is 0.904. The molecular weight excluding hydrogens is 460 g/mol. The molecule has 1 aromatic rings. The fourth-order valence-electron chi connectivity index (χ4n) is 5.46. The van der Waals surface area contributed by atoms with Gasteiger partial charge in [0.2, 0.25) is 5.91 Å². The molecule has 1 saturated carbocycles. The number of ether oxygens (including phenoxy) is 2. The number of benzene rings is 1. The van der Waals surface area contributed by atoms with Crippen molar-refractivity contribution < 1.29 is 23.9 Å². The molecule has 0 unspecified atom stereocenters. The van der Waals surface area contributed by atoms with Crippen LogP contribution in [0.3, 0.4) is 0 Å². The second-order valence-corrected chi connectivity index (χ2v) is 10.6. The third-order valence-corrected chi connectivity index (χ3v) is 7.42. The molecule has 0 bridgehead atoms. The van der Waals surface area contributed by atoms with E-state index in [4.69, 9.17) is 9.47 Å². The summed E-state index contributed by atoms with van der Waals surface area (Å²) in [6.07, 6.45) is 7.50. The highest BCUT2D eigenvalue weighted by molar-refractivity contribution is 5.99. The molecule has 3 atom stereocenters. The van der Waals surface area contributed by atoms with Crippen LogP contribution in [0.15, 0.2) is 18.2 Å². The maximum absolute atomic E-state index is 13.4. The number of urea groups is 1. The van der Waals surface area contributed by atoms with Gasteiger partial charge < -0.3 is 30.3 Å². The van der Waals surface area contributed by atoms with Crippen molar-refractivity contribution in [3.63, 3.8) is 0 Å². The van der Waals surface area contributed by atoms with Crippen LogP contribution in [0.4, 0.5) is 10.5 Å². The fourth-order valence-corrected chi connectivity index (χ4v) is 5.46. The second kappa shape index (κ2) is 12.0. The summed E-state index contributed by atoms with van der Waals surface area (Å²) in [6, 6.07) is 4.59. The predicted molar refractivity (Wildman–Crippen MR) is 137 cm³/mol. The Hall–Kier alpha value is -2.81. The number of hydrogen-bond acceptors (Lipinski definition) is 5. The van der Waals surface area contributed by atoms with Gasteiger partial charge in [0.05, 0.1) is 24.1 Å². The van der Waals surface area contributed by atoms with E-state index in [-0.39, 0.29) is 48.7 Å². The lowest BCUT2D eigenvalue weighted by Gasteiger charge is -2.42. The molecule has 2 heterocycles. The van der Waals surface area contributed by atoms with Gasteiger partial charge >= 0.3 is 6.03 Å². The van der Waals surface area contributed by atoms with Gasteiger partial charge in [-0.2, -0.15) is 0 Å². The zero-order valence-corrected chi connectivity index (χ0v) is 21.7. The molecule has 4 amide bonds. The molecule has 1 saturated heterocycles. The summed E-state index contributed by atoms with van der Waals surface area (Å²) in [6.45, 7) is 4.80. The number of carbonyl (C=O) groups excluding carboxylic acids is 3. The zero-order chi connectivity index (χ0) is 25.7. The summed E-state index contributed by atoms with van der Waals surface area (Å²) in [4.78, 5) is 39.7. The molecule has 0 radical (unpaired) electrons. The molecule has 2 fully saturated rings. The number of rotatable bonds is 6. The van der Waals surface area contributed by atoms with Crippen LogP contribution in [0.2, 0.25) is 0 Å². The standard InChI is InChI=1S/C27H40N4O5/c1-17(2)29-27(34)30-19-9-12-23-21(13-19)26(33)31(3)22-11-10-20(36-24(22)16-35-23)14-25(32)28-15-18-7-5-4-6-8-18/h9,12-13,17-18,20,22,24H,4-8,10-11,14-16H2,1-3H3,(H,28,32)(H2,29,30,34)/t20-,22+,24+/m1/s1. The Kier molecular flexibility index (Phi) is 8.72. The topological polar surface area (TPSA) is 109 Å². The molecule has 1 aromatic carbocycles. The van der Waals surface area contributed by atoms with Crippen LogP contribution >= 0.6 is 0 Å². The lowest BCUT2D eigenvalue weighted by molar-refractivity contribution is -0.134. The van der Waals surface area contributed by atoms with Crippen molar-refractivity contribution in [1.82, 2.24) is 15.5 Å². The zero-order valence-electron chi connectivity index (χ0n) is 21.7. The molecule has 9 heteroatoms. The maximum Gasteiger partial charge on any atom is 0.319 e. The molecule has 0 spiro atoms. The first-order valence-corrected chi connectivity index (χ1v) is 13.3. The number of likely N-dealkylation sites (N-methyl/N-ethyl adjacent to an activating group) is 1. The lowest BCUT2D eigenvalue weighted by atomic mass is 9.89. The molecule has 9 nitrogen and oxygen atoms in total. The van der Waals surface area contributed by atoms with Crippen molar-refractivity contribution in [2.45, 2.75) is 89.5 Å². The Balaban J connectivity index is 1.35. The Morgan fingerprint density at radius 2 is 1.89 bits per heavy atom. The highest BCUT2D eigenvalue weighted by atomic mass is 16.5. The number of nitrogens with zero attached hydrogens (tertiary/aromatic N) is 1. The quantitative estimate of drug-likeness (QED) is 0.552. The molecule has 4 rings (SSSR count). The number of hydrogen-bond donors (Lipinski definition) is 3. The van der Waals surface area contributed by atoms with Crippen LogP contribution in [0.1, 0.15) is 75.6 Å². The molecule has 3 N–H and O–H groups in total. The van der Waals surface area contributed by atoms with Crippen LogP contribution in [-0.4, -0.2) is 67.2 Å². The highest BCUT2D eigenvalue weighted by Gasteiger charge is 2.39. The van der Waals surface area contributed by atoms with Gasteiger partial charge in [-0.05, 0) is 63.6 Å².